The van der Waals surface area contributed by atoms with Crippen LogP contribution in [-0.2, 0) is 0 Å². The molecule has 1 heterocycles. The number of carbonyl (C=O) groups is 1. The molecule has 0 aliphatic heterocycles. The average Bonchev–Trinajstić information content (AvgIpc) is 2.14. The van der Waals surface area contributed by atoms with E-state index < -0.39 is 34.9 Å². The Morgan fingerprint density at radius 3 is 2.41 bits per heavy atom. The Labute approximate surface area is 96.2 Å². The first-order valence-electron chi connectivity index (χ1n) is 3.94. The summed E-state index contributed by atoms with van der Waals surface area (Å²) in [7, 11) is 0. The molecule has 9 heteroatoms. The van der Waals surface area contributed by atoms with E-state index in [1.165, 1.54) is 0 Å². The Morgan fingerprint density at radius 1 is 1.41 bits per heavy atom. The van der Waals surface area contributed by atoms with Gasteiger partial charge in [-0.15, -0.1) is 13.2 Å². The van der Waals surface area contributed by atoms with Gasteiger partial charge in [-0.2, -0.15) is 0 Å². The van der Waals surface area contributed by atoms with Gasteiger partial charge < -0.3 is 4.74 Å². The van der Waals surface area contributed by atoms with Gasteiger partial charge in [-0.1, -0.05) is 11.6 Å². The molecule has 1 rings (SSSR count). The van der Waals surface area contributed by atoms with Gasteiger partial charge in [-0.3, -0.25) is 4.79 Å². The van der Waals surface area contributed by atoms with Gasteiger partial charge in [0.05, 0.1) is 5.56 Å². The quantitative estimate of drug-likeness (QED) is 0.482. The van der Waals surface area contributed by atoms with E-state index in [4.69, 9.17) is 11.6 Å². The van der Waals surface area contributed by atoms with Crippen LogP contribution in [0.4, 0.5) is 22.0 Å². The van der Waals surface area contributed by atoms with Crippen LogP contribution in [0.3, 0.4) is 0 Å². The number of hydrogen-bond donors (Lipinski definition) is 0. The summed E-state index contributed by atoms with van der Waals surface area (Å²) in [4.78, 5) is 13.5. The van der Waals surface area contributed by atoms with Crippen molar-refractivity contribution >= 4 is 17.9 Å². The summed E-state index contributed by atoms with van der Waals surface area (Å²) in [6.45, 7) is 0. The van der Waals surface area contributed by atoms with E-state index in [1.807, 2.05) is 0 Å². The van der Waals surface area contributed by atoms with Gasteiger partial charge in [0.1, 0.15) is 16.6 Å². The summed E-state index contributed by atoms with van der Waals surface area (Å²) in [5, 5.41) is -0.781. The van der Waals surface area contributed by atoms with Crippen LogP contribution in [0, 0.1) is 0 Å². The molecule has 0 aliphatic carbocycles. The fourth-order valence-corrected chi connectivity index (χ4v) is 1.18. The predicted molar refractivity (Wildman–Crippen MR) is 46.3 cm³/mol. The molecule has 0 aromatic carbocycles. The van der Waals surface area contributed by atoms with Crippen LogP contribution >= 0.6 is 11.6 Å². The van der Waals surface area contributed by atoms with Crippen molar-refractivity contribution in [3.8, 4) is 5.75 Å². The van der Waals surface area contributed by atoms with Crippen molar-refractivity contribution in [2.24, 2.45) is 0 Å². The summed E-state index contributed by atoms with van der Waals surface area (Å²) in [5.41, 5.74) is -1.76. The standard InChI is InChI=1S/C8H3ClF5NO2/c9-6-3(2-16)5(17-8(12,13)14)1-4(15-6)7(10)11/h1-2,7H. The molecule has 0 amide bonds. The third-order valence-corrected chi connectivity index (χ3v) is 1.85. The number of pyridine rings is 1. The lowest BCUT2D eigenvalue weighted by Crippen LogP contribution is -2.18. The second-order valence-corrected chi connectivity index (χ2v) is 3.07. The minimum Gasteiger partial charge on any atom is -0.405 e. The number of aromatic nitrogens is 1. The highest BCUT2D eigenvalue weighted by Gasteiger charge is 2.33. The van der Waals surface area contributed by atoms with Crippen LogP contribution in [0.1, 0.15) is 22.5 Å². The maximum Gasteiger partial charge on any atom is 0.573 e. The van der Waals surface area contributed by atoms with E-state index in [0.717, 1.165) is 0 Å². The molecular weight excluding hydrogens is 273 g/mol. The number of hydrogen-bond acceptors (Lipinski definition) is 3. The summed E-state index contributed by atoms with van der Waals surface area (Å²) >= 11 is 5.28. The molecule has 17 heavy (non-hydrogen) atoms. The third-order valence-electron chi connectivity index (χ3n) is 1.56. The van der Waals surface area contributed by atoms with Crippen molar-refractivity contribution in [2.45, 2.75) is 12.8 Å². The highest BCUT2D eigenvalue weighted by atomic mass is 35.5. The minimum atomic E-state index is -5.12. The van der Waals surface area contributed by atoms with E-state index in [1.54, 1.807) is 0 Å². The predicted octanol–water partition coefficient (Wildman–Crippen LogP) is 3.38. The maximum absolute atomic E-state index is 12.2. The molecule has 94 valence electrons. The Hall–Kier alpha value is -1.44. The van der Waals surface area contributed by atoms with E-state index in [2.05, 4.69) is 9.72 Å². The highest BCUT2D eigenvalue weighted by Crippen LogP contribution is 2.32. The minimum absolute atomic E-state index is 0.0638. The van der Waals surface area contributed by atoms with Crippen molar-refractivity contribution < 1.29 is 31.5 Å². The Bertz CT molecular complexity index is 435. The zero-order valence-electron chi connectivity index (χ0n) is 7.76. The SMILES string of the molecule is O=Cc1c(OC(F)(F)F)cc(C(F)F)nc1Cl. The van der Waals surface area contributed by atoms with Crippen molar-refractivity contribution in [3.63, 3.8) is 0 Å². The number of alkyl halides is 5. The molecule has 1 aromatic heterocycles. The normalized spacial score (nSPS) is 11.7. The van der Waals surface area contributed by atoms with E-state index in [-0.39, 0.29) is 6.29 Å². The van der Waals surface area contributed by atoms with Gasteiger partial charge in [0.25, 0.3) is 6.43 Å². The molecular formula is C8H3ClF5NO2. The van der Waals surface area contributed by atoms with Gasteiger partial charge >= 0.3 is 6.36 Å². The lowest BCUT2D eigenvalue weighted by atomic mass is 10.2. The van der Waals surface area contributed by atoms with E-state index >= 15 is 0 Å². The summed E-state index contributed by atoms with van der Waals surface area (Å²) in [6, 6.07) is 0.313. The number of halogens is 6. The van der Waals surface area contributed by atoms with Gasteiger partial charge in [-0.05, 0) is 0 Å². The highest BCUT2D eigenvalue weighted by molar-refractivity contribution is 6.32. The number of ether oxygens (including phenoxy) is 1. The van der Waals surface area contributed by atoms with Gasteiger partial charge in [0.15, 0.2) is 6.29 Å². The first kappa shape index (κ1) is 13.6. The van der Waals surface area contributed by atoms with Crippen LogP contribution in [0.5, 0.6) is 5.75 Å². The number of carbonyl (C=O) groups excluding carboxylic acids is 1. The lowest BCUT2D eigenvalue weighted by Gasteiger charge is -2.12. The van der Waals surface area contributed by atoms with Crippen molar-refractivity contribution in [3.05, 3.63) is 22.5 Å². The topological polar surface area (TPSA) is 39.2 Å². The van der Waals surface area contributed by atoms with Crippen molar-refractivity contribution in [1.82, 2.24) is 4.98 Å². The molecule has 0 spiro atoms. The molecule has 1 aromatic rings. The van der Waals surface area contributed by atoms with Crippen LogP contribution < -0.4 is 4.74 Å². The second kappa shape index (κ2) is 4.82. The maximum atomic E-state index is 12.2. The monoisotopic (exact) mass is 275 g/mol. The largest absolute Gasteiger partial charge is 0.573 e. The molecule has 0 unspecified atom stereocenters. The van der Waals surface area contributed by atoms with Gasteiger partial charge in [-0.25, -0.2) is 13.8 Å². The molecule has 0 aliphatic rings. The summed E-state index contributed by atoms with van der Waals surface area (Å²) < 4.78 is 63.7. The van der Waals surface area contributed by atoms with Crippen LogP contribution in [0.15, 0.2) is 6.07 Å². The first-order chi connectivity index (χ1) is 7.74. The second-order valence-electron chi connectivity index (χ2n) is 2.72. The smallest absolute Gasteiger partial charge is 0.405 e. The van der Waals surface area contributed by atoms with Crippen LogP contribution in [0.25, 0.3) is 0 Å². The molecule has 0 bridgehead atoms. The number of aldehydes is 1. The van der Waals surface area contributed by atoms with Gasteiger partial charge in [0, 0.05) is 6.07 Å². The average molecular weight is 276 g/mol. The number of rotatable bonds is 3. The molecule has 0 radical (unpaired) electrons. The van der Waals surface area contributed by atoms with Crippen molar-refractivity contribution in [2.75, 3.05) is 0 Å². The number of nitrogens with zero attached hydrogens (tertiary/aromatic N) is 1. The Kier molecular flexibility index (Phi) is 3.87. The third kappa shape index (κ3) is 3.52. The molecule has 3 nitrogen and oxygen atoms in total. The summed E-state index contributed by atoms with van der Waals surface area (Å²) in [5.74, 6) is -1.11. The zero-order chi connectivity index (χ0) is 13.2. The van der Waals surface area contributed by atoms with E-state index in [9.17, 15) is 26.7 Å². The van der Waals surface area contributed by atoms with Gasteiger partial charge in [0.2, 0.25) is 0 Å². The zero-order valence-corrected chi connectivity index (χ0v) is 8.52. The van der Waals surface area contributed by atoms with E-state index in [0.29, 0.717) is 6.07 Å². The fraction of sp³-hybridized carbons (Fsp3) is 0.250. The van der Waals surface area contributed by atoms with Crippen LogP contribution in [-0.4, -0.2) is 17.6 Å². The molecule has 0 N–H and O–H groups in total. The summed E-state index contributed by atoms with van der Waals surface area (Å²) in [6.07, 6.45) is -8.32. The fourth-order valence-electron chi connectivity index (χ4n) is 0.947. The lowest BCUT2D eigenvalue weighted by molar-refractivity contribution is -0.274. The Balaban J connectivity index is 3.29. The molecule has 0 fully saturated rings. The molecule has 0 saturated carbocycles. The van der Waals surface area contributed by atoms with Crippen molar-refractivity contribution in [1.29, 1.82) is 0 Å². The Morgan fingerprint density at radius 2 is 2.00 bits per heavy atom. The first-order valence-corrected chi connectivity index (χ1v) is 4.32. The molecule has 0 saturated heterocycles. The molecule has 0 atom stereocenters. The van der Waals surface area contributed by atoms with Crippen LogP contribution in [0.2, 0.25) is 5.15 Å².